The van der Waals surface area contributed by atoms with E-state index >= 15 is 0 Å². The summed E-state index contributed by atoms with van der Waals surface area (Å²) in [7, 11) is 1.61. The molecule has 2 amide bonds. The van der Waals surface area contributed by atoms with Crippen molar-refractivity contribution in [2.75, 3.05) is 26.0 Å². The van der Waals surface area contributed by atoms with Gasteiger partial charge in [0.2, 0.25) is 11.8 Å². The Balaban J connectivity index is 1.60. The van der Waals surface area contributed by atoms with Crippen LogP contribution in [0.4, 0.5) is 0 Å². The lowest BCUT2D eigenvalue weighted by Gasteiger charge is -2.31. The van der Waals surface area contributed by atoms with Crippen molar-refractivity contribution in [2.24, 2.45) is 11.7 Å². The van der Waals surface area contributed by atoms with Gasteiger partial charge >= 0.3 is 0 Å². The number of nitrogens with two attached hydrogens (primary N) is 1. The van der Waals surface area contributed by atoms with Crippen LogP contribution in [-0.4, -0.2) is 52.6 Å². The number of methoxy groups -OCH3 is 1. The number of fused-ring (bicyclic) bond motifs is 1. The molecular formula is C16H20N4O3S. The molecule has 7 nitrogen and oxygen atoms in total. The Hall–Kier alpha value is -2.22. The molecule has 2 heterocycles. The van der Waals surface area contributed by atoms with Crippen molar-refractivity contribution in [3.05, 3.63) is 18.2 Å². The quantitative estimate of drug-likeness (QED) is 0.795. The molecule has 24 heavy (non-hydrogen) atoms. The van der Waals surface area contributed by atoms with E-state index < -0.39 is 0 Å². The third kappa shape index (κ3) is 3.64. The summed E-state index contributed by atoms with van der Waals surface area (Å²) < 4.78 is 5.19. The third-order valence-electron chi connectivity index (χ3n) is 4.18. The van der Waals surface area contributed by atoms with Crippen LogP contribution in [0.25, 0.3) is 11.0 Å². The maximum atomic E-state index is 12.3. The number of carbonyl (C=O) groups excluding carboxylic acids is 2. The van der Waals surface area contributed by atoms with Gasteiger partial charge in [0.1, 0.15) is 5.75 Å². The predicted octanol–water partition coefficient (Wildman–Crippen LogP) is 1.39. The number of nitrogens with one attached hydrogen (secondary N) is 1. The van der Waals surface area contributed by atoms with Crippen molar-refractivity contribution in [3.8, 4) is 5.75 Å². The minimum atomic E-state index is -0.327. The van der Waals surface area contributed by atoms with Gasteiger partial charge in [0.25, 0.3) is 0 Å². The molecule has 1 fully saturated rings. The number of ether oxygens (including phenoxy) is 1. The molecule has 1 aliphatic rings. The molecular weight excluding hydrogens is 328 g/mol. The van der Waals surface area contributed by atoms with Crippen LogP contribution in [0.5, 0.6) is 5.75 Å². The first-order valence-electron chi connectivity index (χ1n) is 7.80. The largest absolute Gasteiger partial charge is 0.497 e. The number of likely N-dealkylation sites (tertiary alicyclic amines) is 1. The molecule has 2 aromatic rings. The van der Waals surface area contributed by atoms with Crippen molar-refractivity contribution in [3.63, 3.8) is 0 Å². The van der Waals surface area contributed by atoms with E-state index in [0.29, 0.717) is 18.2 Å². The molecule has 1 atom stereocenters. The molecule has 3 rings (SSSR count). The number of aromatic amines is 1. The van der Waals surface area contributed by atoms with E-state index in [-0.39, 0.29) is 23.5 Å². The lowest BCUT2D eigenvalue weighted by molar-refractivity contribution is -0.132. The average molecular weight is 348 g/mol. The fourth-order valence-electron chi connectivity index (χ4n) is 2.82. The first kappa shape index (κ1) is 16.6. The molecule has 0 radical (unpaired) electrons. The number of rotatable bonds is 5. The number of hydrogen-bond donors (Lipinski definition) is 2. The summed E-state index contributed by atoms with van der Waals surface area (Å²) in [6, 6.07) is 5.59. The summed E-state index contributed by atoms with van der Waals surface area (Å²) in [5.74, 6) is 0.480. The van der Waals surface area contributed by atoms with E-state index in [1.807, 2.05) is 18.2 Å². The molecule has 0 saturated carbocycles. The molecule has 1 saturated heterocycles. The highest BCUT2D eigenvalue weighted by molar-refractivity contribution is 7.99. The highest BCUT2D eigenvalue weighted by atomic mass is 32.2. The second kappa shape index (κ2) is 7.12. The standard InChI is InChI=1S/C16H20N4O3S/c1-23-11-4-5-12-13(7-11)19-16(18-12)24-9-14(21)20-6-2-3-10(8-20)15(17)22/h4-5,7,10H,2-3,6,8-9H2,1H3,(H2,17,22)(H,18,19)/t10-/m1/s1. The van der Waals surface area contributed by atoms with Gasteiger partial charge in [-0.3, -0.25) is 9.59 Å². The molecule has 1 aromatic heterocycles. The van der Waals surface area contributed by atoms with Crippen molar-refractivity contribution >= 4 is 34.6 Å². The molecule has 1 aromatic carbocycles. The van der Waals surface area contributed by atoms with Crippen LogP contribution in [-0.2, 0) is 9.59 Å². The Bertz CT molecular complexity index is 761. The molecule has 1 aliphatic heterocycles. The summed E-state index contributed by atoms with van der Waals surface area (Å²) >= 11 is 1.36. The Morgan fingerprint density at radius 1 is 1.50 bits per heavy atom. The van der Waals surface area contributed by atoms with Gasteiger partial charge in [-0.15, -0.1) is 0 Å². The first-order chi connectivity index (χ1) is 11.6. The zero-order chi connectivity index (χ0) is 17.1. The molecule has 8 heteroatoms. The van der Waals surface area contributed by atoms with Crippen LogP contribution < -0.4 is 10.5 Å². The van der Waals surface area contributed by atoms with Gasteiger partial charge in [-0.25, -0.2) is 4.98 Å². The average Bonchev–Trinajstić information content (AvgIpc) is 3.01. The number of nitrogens with zero attached hydrogens (tertiary/aromatic N) is 2. The Kier molecular flexibility index (Phi) is 4.94. The highest BCUT2D eigenvalue weighted by Gasteiger charge is 2.26. The second-order valence-electron chi connectivity index (χ2n) is 5.79. The highest BCUT2D eigenvalue weighted by Crippen LogP contribution is 2.24. The van der Waals surface area contributed by atoms with E-state index in [4.69, 9.17) is 10.5 Å². The van der Waals surface area contributed by atoms with Gasteiger partial charge in [0.15, 0.2) is 5.16 Å². The van der Waals surface area contributed by atoms with Crippen LogP contribution in [0.3, 0.4) is 0 Å². The molecule has 0 unspecified atom stereocenters. The van der Waals surface area contributed by atoms with Crippen LogP contribution in [0, 0.1) is 5.92 Å². The van der Waals surface area contributed by atoms with Gasteiger partial charge in [0, 0.05) is 19.2 Å². The lowest BCUT2D eigenvalue weighted by atomic mass is 9.97. The Labute approximate surface area is 143 Å². The number of carbonyl (C=O) groups is 2. The van der Waals surface area contributed by atoms with Crippen LogP contribution >= 0.6 is 11.8 Å². The third-order valence-corrected chi connectivity index (χ3v) is 5.03. The Morgan fingerprint density at radius 3 is 3.08 bits per heavy atom. The fourth-order valence-corrected chi connectivity index (χ4v) is 3.61. The predicted molar refractivity (Wildman–Crippen MR) is 91.9 cm³/mol. The van der Waals surface area contributed by atoms with Gasteiger partial charge in [-0.05, 0) is 25.0 Å². The van der Waals surface area contributed by atoms with E-state index in [1.165, 1.54) is 11.8 Å². The van der Waals surface area contributed by atoms with E-state index in [0.717, 1.165) is 29.6 Å². The van der Waals surface area contributed by atoms with E-state index in [1.54, 1.807) is 12.0 Å². The summed E-state index contributed by atoms with van der Waals surface area (Å²) in [6.07, 6.45) is 1.58. The van der Waals surface area contributed by atoms with Crippen LogP contribution in [0.2, 0.25) is 0 Å². The summed E-state index contributed by atoms with van der Waals surface area (Å²) in [5, 5.41) is 0.690. The normalized spacial score (nSPS) is 17.9. The maximum Gasteiger partial charge on any atom is 0.233 e. The minimum Gasteiger partial charge on any atom is -0.497 e. The number of H-pyrrole nitrogens is 1. The van der Waals surface area contributed by atoms with E-state index in [9.17, 15) is 9.59 Å². The number of imidazole rings is 1. The number of benzene rings is 1. The van der Waals surface area contributed by atoms with Gasteiger partial charge in [-0.2, -0.15) is 0 Å². The molecule has 0 bridgehead atoms. The SMILES string of the molecule is COc1ccc2nc(SCC(=O)N3CCC[C@@H](C(N)=O)C3)[nH]c2c1. The number of piperidine rings is 1. The van der Waals surface area contributed by atoms with Crippen LogP contribution in [0.1, 0.15) is 12.8 Å². The number of hydrogen-bond acceptors (Lipinski definition) is 5. The number of amides is 2. The summed E-state index contributed by atoms with van der Waals surface area (Å²) in [4.78, 5) is 33.0. The molecule has 0 aliphatic carbocycles. The van der Waals surface area contributed by atoms with Crippen molar-refractivity contribution in [1.82, 2.24) is 14.9 Å². The molecule has 0 spiro atoms. The molecule has 3 N–H and O–H groups in total. The summed E-state index contributed by atoms with van der Waals surface area (Å²) in [5.41, 5.74) is 7.06. The number of aromatic nitrogens is 2. The van der Waals surface area contributed by atoms with E-state index in [2.05, 4.69) is 9.97 Å². The zero-order valence-electron chi connectivity index (χ0n) is 13.4. The first-order valence-corrected chi connectivity index (χ1v) is 8.79. The van der Waals surface area contributed by atoms with Gasteiger partial charge in [0.05, 0.1) is 29.8 Å². The Morgan fingerprint density at radius 2 is 2.33 bits per heavy atom. The molecule has 128 valence electrons. The van der Waals surface area contributed by atoms with Crippen molar-refractivity contribution < 1.29 is 14.3 Å². The monoisotopic (exact) mass is 348 g/mol. The minimum absolute atomic E-state index is 0.00369. The van der Waals surface area contributed by atoms with Crippen LogP contribution in [0.15, 0.2) is 23.4 Å². The van der Waals surface area contributed by atoms with Gasteiger partial charge < -0.3 is 20.4 Å². The van der Waals surface area contributed by atoms with Crippen molar-refractivity contribution in [2.45, 2.75) is 18.0 Å². The lowest BCUT2D eigenvalue weighted by Crippen LogP contribution is -2.44. The zero-order valence-corrected chi connectivity index (χ0v) is 14.3. The van der Waals surface area contributed by atoms with Crippen molar-refractivity contribution in [1.29, 1.82) is 0 Å². The van der Waals surface area contributed by atoms with Gasteiger partial charge in [-0.1, -0.05) is 11.8 Å². The summed E-state index contributed by atoms with van der Waals surface area (Å²) in [6.45, 7) is 1.10. The fraction of sp³-hybridized carbons (Fsp3) is 0.438. The second-order valence-corrected chi connectivity index (χ2v) is 6.76. The topological polar surface area (TPSA) is 101 Å². The smallest absolute Gasteiger partial charge is 0.233 e. The number of thioether (sulfide) groups is 1. The maximum absolute atomic E-state index is 12.3. The number of primary amides is 1.